The molecule has 0 bridgehead atoms. The highest BCUT2D eigenvalue weighted by molar-refractivity contribution is 4.73. The van der Waals surface area contributed by atoms with Crippen molar-refractivity contribution in [2.24, 2.45) is 0 Å². The van der Waals surface area contributed by atoms with E-state index in [0.717, 1.165) is 40.1 Å². The number of hydrogen-bond donors (Lipinski definition) is 2. The normalized spacial score (nSPS) is 29.2. The van der Waals surface area contributed by atoms with Crippen LogP contribution in [0.2, 0.25) is 0 Å². The second kappa shape index (κ2) is 20.4. The molecule has 2 N–H and O–H groups in total. The molecule has 5 aliphatic rings. The molecule has 14 nitrogen and oxygen atoms in total. The maximum Gasteiger partial charge on any atom is 0.104 e. The summed E-state index contributed by atoms with van der Waals surface area (Å²) in [6.45, 7) is 9.42. The Morgan fingerprint density at radius 3 is 1.18 bits per heavy atom. The highest BCUT2D eigenvalue weighted by Crippen LogP contribution is 2.14. The molecular formula is C26H48O14. The third kappa shape index (κ3) is 18.8. The number of rotatable bonds is 24. The molecule has 14 heteroatoms. The van der Waals surface area contributed by atoms with E-state index in [4.69, 9.17) is 61.9 Å². The average Bonchev–Trinajstić information content (AvgIpc) is 3.78. The van der Waals surface area contributed by atoms with Gasteiger partial charge in [-0.05, 0) is 0 Å². The lowest BCUT2D eigenvalue weighted by molar-refractivity contribution is -0.0813. The van der Waals surface area contributed by atoms with Crippen molar-refractivity contribution in [3.05, 3.63) is 0 Å². The third-order valence-electron chi connectivity index (χ3n) is 5.84. The lowest BCUT2D eigenvalue weighted by Gasteiger charge is -2.18. The maximum atomic E-state index is 9.49. The first kappa shape index (κ1) is 33.9. The van der Waals surface area contributed by atoms with E-state index in [1.54, 1.807) is 7.11 Å². The van der Waals surface area contributed by atoms with E-state index in [1.165, 1.54) is 0 Å². The fraction of sp³-hybridized carbons (Fsp3) is 1.00. The topological polar surface area (TPSA) is 168 Å². The highest BCUT2D eigenvalue weighted by Gasteiger charge is 2.28. The fourth-order valence-electron chi connectivity index (χ4n) is 3.17. The lowest BCUT2D eigenvalue weighted by atomic mass is 10.3. The first-order valence-corrected chi connectivity index (χ1v) is 13.9. The summed E-state index contributed by atoms with van der Waals surface area (Å²) in [5.41, 5.74) is 0. The van der Waals surface area contributed by atoms with Crippen molar-refractivity contribution in [3.63, 3.8) is 0 Å². The number of ether oxygens (including phenoxy) is 12. The minimum absolute atomic E-state index is 0.0355. The van der Waals surface area contributed by atoms with Crippen LogP contribution in [0.1, 0.15) is 0 Å². The van der Waals surface area contributed by atoms with Gasteiger partial charge in [-0.1, -0.05) is 0 Å². The molecular weight excluding hydrogens is 536 g/mol. The van der Waals surface area contributed by atoms with E-state index in [1.807, 2.05) is 0 Å². The molecule has 236 valence electrons. The summed E-state index contributed by atoms with van der Waals surface area (Å²) in [6.07, 6.45) is 0.491. The number of aliphatic hydroxyl groups excluding tert-OH is 2. The Morgan fingerprint density at radius 1 is 0.525 bits per heavy atom. The Bertz CT molecular complexity index is 592. The summed E-state index contributed by atoms with van der Waals surface area (Å²) in [4.78, 5) is 0. The zero-order valence-corrected chi connectivity index (χ0v) is 23.7. The van der Waals surface area contributed by atoms with Crippen molar-refractivity contribution in [2.45, 2.75) is 48.8 Å². The Morgan fingerprint density at radius 2 is 0.850 bits per heavy atom. The molecule has 7 unspecified atom stereocenters. The average molecular weight is 585 g/mol. The summed E-state index contributed by atoms with van der Waals surface area (Å²) in [5.74, 6) is 0. The molecule has 0 amide bonds. The highest BCUT2D eigenvalue weighted by atomic mass is 16.6. The van der Waals surface area contributed by atoms with Gasteiger partial charge in [-0.15, -0.1) is 0 Å². The Kier molecular flexibility index (Phi) is 17.3. The summed E-state index contributed by atoms with van der Waals surface area (Å²) in [5, 5.41) is 16.5. The smallest absolute Gasteiger partial charge is 0.104 e. The van der Waals surface area contributed by atoms with E-state index >= 15 is 0 Å². The van der Waals surface area contributed by atoms with Crippen LogP contribution in [0.3, 0.4) is 0 Å². The molecule has 40 heavy (non-hydrogen) atoms. The van der Waals surface area contributed by atoms with Crippen LogP contribution in [0.4, 0.5) is 0 Å². The van der Waals surface area contributed by atoms with Crippen LogP contribution in [-0.2, 0) is 56.8 Å². The quantitative estimate of drug-likeness (QED) is 0.125. The van der Waals surface area contributed by atoms with Gasteiger partial charge in [0.1, 0.15) is 48.8 Å². The Labute approximate surface area is 236 Å². The van der Waals surface area contributed by atoms with Crippen molar-refractivity contribution in [1.82, 2.24) is 0 Å². The molecule has 5 heterocycles. The number of methoxy groups -OCH3 is 1. The van der Waals surface area contributed by atoms with Crippen molar-refractivity contribution >= 4 is 0 Å². The van der Waals surface area contributed by atoms with Crippen LogP contribution in [-0.4, -0.2) is 179 Å². The van der Waals surface area contributed by atoms with Crippen LogP contribution < -0.4 is 0 Å². The van der Waals surface area contributed by atoms with E-state index in [2.05, 4.69) is 0 Å². The second-order valence-corrected chi connectivity index (χ2v) is 9.95. The monoisotopic (exact) mass is 584 g/mol. The molecule has 5 aliphatic heterocycles. The van der Waals surface area contributed by atoms with Crippen LogP contribution in [0.5, 0.6) is 0 Å². The van der Waals surface area contributed by atoms with Gasteiger partial charge < -0.3 is 67.1 Å². The summed E-state index contributed by atoms with van der Waals surface area (Å²) < 4.78 is 63.7. The summed E-state index contributed by atoms with van der Waals surface area (Å²) >= 11 is 0. The molecule has 0 aromatic rings. The zero-order valence-electron chi connectivity index (χ0n) is 23.7. The zero-order chi connectivity index (χ0) is 28.4. The van der Waals surface area contributed by atoms with Gasteiger partial charge in [-0.3, -0.25) is 0 Å². The van der Waals surface area contributed by atoms with E-state index in [9.17, 15) is 5.11 Å². The molecule has 0 aliphatic carbocycles. The predicted octanol–water partition coefficient (Wildman–Crippen LogP) is -1.58. The van der Waals surface area contributed by atoms with Gasteiger partial charge in [0.15, 0.2) is 0 Å². The van der Waals surface area contributed by atoms with E-state index in [0.29, 0.717) is 59.5 Å². The van der Waals surface area contributed by atoms with Crippen LogP contribution in [0.15, 0.2) is 0 Å². The summed E-state index contributed by atoms with van der Waals surface area (Å²) in [7, 11) is 2.54. The molecule has 0 aromatic heterocycles. The first-order valence-electron chi connectivity index (χ1n) is 13.9. The van der Waals surface area contributed by atoms with Crippen molar-refractivity contribution in [2.75, 3.05) is 120 Å². The fourth-order valence-corrected chi connectivity index (χ4v) is 3.17. The number of aliphatic hydroxyl groups is 2. The van der Waals surface area contributed by atoms with Crippen molar-refractivity contribution in [1.29, 1.82) is 0 Å². The van der Waals surface area contributed by atoms with Crippen molar-refractivity contribution < 1.29 is 67.1 Å². The van der Waals surface area contributed by atoms with Gasteiger partial charge in [-0.2, -0.15) is 0 Å². The molecule has 0 saturated carbocycles. The largest absolute Gasteiger partial charge is 0.400 e. The summed E-state index contributed by atoms with van der Waals surface area (Å²) in [6, 6.07) is 0. The molecule has 5 saturated heterocycles. The third-order valence-corrected chi connectivity index (χ3v) is 5.84. The van der Waals surface area contributed by atoms with Gasteiger partial charge >= 0.3 is 0 Å². The molecule has 0 spiro atoms. The molecule has 0 radical (unpaired) electrons. The predicted molar refractivity (Wildman–Crippen MR) is 137 cm³/mol. The first-order chi connectivity index (χ1) is 19.7. The van der Waals surface area contributed by atoms with Crippen LogP contribution >= 0.6 is 0 Å². The van der Waals surface area contributed by atoms with Gasteiger partial charge in [-0.25, -0.2) is 0 Å². The van der Waals surface area contributed by atoms with Crippen LogP contribution in [0, 0.1) is 0 Å². The van der Waals surface area contributed by atoms with E-state index < -0.39 is 6.10 Å². The van der Waals surface area contributed by atoms with Gasteiger partial charge in [0.2, 0.25) is 0 Å². The van der Waals surface area contributed by atoms with Gasteiger partial charge in [0, 0.05) is 14.2 Å². The molecule has 5 fully saturated rings. The van der Waals surface area contributed by atoms with Crippen molar-refractivity contribution in [3.8, 4) is 0 Å². The van der Waals surface area contributed by atoms with E-state index in [-0.39, 0.29) is 55.9 Å². The molecule has 7 atom stereocenters. The Balaban J connectivity index is 0.000000208. The number of epoxide rings is 5. The molecule has 0 aromatic carbocycles. The maximum absolute atomic E-state index is 9.49. The molecule has 5 rings (SSSR count). The standard InChI is InChI=1S/C13H24O7.C12H20O6.CH4O/c1-15-2-10(14)3-16-4-11(18-8-13-9-20-13)5-17-6-12-7-19-12;1(13-3-10-5-16-10)9(15-7-12-8-18-12)2-14-4-11-6-17-11;1-2/h10-14H,2-9H2,1H3;9-12H,1-8H2;2H,1H3. The minimum atomic E-state index is -0.617. The second-order valence-electron chi connectivity index (χ2n) is 9.95. The van der Waals surface area contributed by atoms with Gasteiger partial charge in [0.05, 0.1) is 106 Å². The SMILES string of the molecule is C(OCC1CO1)C(COCC1CO1)OCC1CO1.CO.COCC(O)COCC(COCC1CO1)OCC1CO1. The Hall–Kier alpha value is -0.560. The van der Waals surface area contributed by atoms with Gasteiger partial charge in [0.25, 0.3) is 0 Å². The van der Waals surface area contributed by atoms with Crippen LogP contribution in [0.25, 0.3) is 0 Å². The minimum Gasteiger partial charge on any atom is -0.400 e. The lowest BCUT2D eigenvalue weighted by Crippen LogP contribution is -2.30. The number of hydrogen-bond acceptors (Lipinski definition) is 14.